The maximum Gasteiger partial charge on any atom is 0.416 e. The molecule has 2 aliphatic rings. The highest BCUT2D eigenvalue weighted by atomic mass is 32.2. The average Bonchev–Trinajstić information content (AvgIpc) is 3.15. The van der Waals surface area contributed by atoms with Gasteiger partial charge in [0.2, 0.25) is 10.0 Å². The number of alkyl halides is 3. The summed E-state index contributed by atoms with van der Waals surface area (Å²) in [6.07, 6.45) is 2.37. The van der Waals surface area contributed by atoms with Crippen LogP contribution in [0.4, 0.5) is 13.2 Å². The maximum atomic E-state index is 12.7. The molecule has 3 rings (SSSR count). The van der Waals surface area contributed by atoms with Gasteiger partial charge in [0.25, 0.3) is 0 Å². The monoisotopic (exact) mass is 418 g/mol. The molecular formula is C20H29F3N2O2S. The van der Waals surface area contributed by atoms with Gasteiger partial charge in [-0.05, 0) is 87.7 Å². The Morgan fingerprint density at radius 1 is 1.00 bits per heavy atom. The van der Waals surface area contributed by atoms with Gasteiger partial charge in [-0.15, -0.1) is 0 Å². The number of hydrogen-bond donors (Lipinski definition) is 0. The Balaban J connectivity index is 1.53. The molecule has 0 bridgehead atoms. The van der Waals surface area contributed by atoms with Crippen molar-refractivity contribution in [3.05, 3.63) is 29.8 Å². The van der Waals surface area contributed by atoms with E-state index in [1.807, 2.05) is 0 Å². The maximum absolute atomic E-state index is 12.7. The van der Waals surface area contributed by atoms with E-state index in [0.29, 0.717) is 18.4 Å². The van der Waals surface area contributed by atoms with Gasteiger partial charge in [-0.25, -0.2) is 12.7 Å². The molecule has 0 aromatic heterocycles. The molecule has 8 heteroatoms. The van der Waals surface area contributed by atoms with Gasteiger partial charge in [-0.2, -0.15) is 13.2 Å². The smallest absolute Gasteiger partial charge is 0.303 e. The molecule has 0 unspecified atom stereocenters. The van der Waals surface area contributed by atoms with Crippen molar-refractivity contribution in [2.45, 2.75) is 49.6 Å². The van der Waals surface area contributed by atoms with Crippen LogP contribution in [0.2, 0.25) is 0 Å². The first-order chi connectivity index (χ1) is 13.2. The summed E-state index contributed by atoms with van der Waals surface area (Å²) >= 11 is 0. The van der Waals surface area contributed by atoms with Crippen LogP contribution in [0.15, 0.2) is 29.2 Å². The molecular weight excluding hydrogens is 389 g/mol. The van der Waals surface area contributed by atoms with E-state index in [1.165, 1.54) is 37.3 Å². The van der Waals surface area contributed by atoms with E-state index in [4.69, 9.17) is 0 Å². The van der Waals surface area contributed by atoms with E-state index in [1.54, 1.807) is 0 Å². The molecule has 4 nitrogen and oxygen atoms in total. The molecule has 1 heterocycles. The van der Waals surface area contributed by atoms with Crippen molar-refractivity contribution >= 4 is 10.0 Å². The Morgan fingerprint density at radius 3 is 2.07 bits per heavy atom. The summed E-state index contributed by atoms with van der Waals surface area (Å²) < 4.78 is 64.7. The SMILES string of the molecule is CN(C[C@H]1CC[C@H](CN2CCCC2)CC1)S(=O)(=O)c1ccc(C(F)(F)F)cc1. The topological polar surface area (TPSA) is 40.6 Å². The van der Waals surface area contributed by atoms with Crippen molar-refractivity contribution in [2.24, 2.45) is 11.8 Å². The second-order valence-electron chi connectivity index (χ2n) is 8.20. The molecule has 0 radical (unpaired) electrons. The highest BCUT2D eigenvalue weighted by Crippen LogP contribution is 2.32. The number of nitrogens with zero attached hydrogens (tertiary/aromatic N) is 2. The molecule has 1 saturated heterocycles. The third-order valence-electron chi connectivity index (χ3n) is 6.09. The van der Waals surface area contributed by atoms with Crippen molar-refractivity contribution in [2.75, 3.05) is 33.2 Å². The van der Waals surface area contributed by atoms with Gasteiger partial charge >= 0.3 is 6.18 Å². The van der Waals surface area contributed by atoms with E-state index in [0.717, 1.165) is 56.5 Å². The van der Waals surface area contributed by atoms with E-state index in [2.05, 4.69) is 4.90 Å². The van der Waals surface area contributed by atoms with Gasteiger partial charge in [-0.1, -0.05) is 0 Å². The van der Waals surface area contributed by atoms with Gasteiger partial charge in [0.15, 0.2) is 0 Å². The first-order valence-electron chi connectivity index (χ1n) is 10.0. The molecule has 1 aliphatic carbocycles. The highest BCUT2D eigenvalue weighted by molar-refractivity contribution is 7.89. The van der Waals surface area contributed by atoms with Crippen LogP contribution < -0.4 is 0 Å². The molecule has 1 aromatic rings. The molecule has 1 aliphatic heterocycles. The third kappa shape index (κ3) is 5.27. The Hall–Kier alpha value is -1.12. The van der Waals surface area contributed by atoms with E-state index >= 15 is 0 Å². The van der Waals surface area contributed by atoms with E-state index in [9.17, 15) is 21.6 Å². The van der Waals surface area contributed by atoms with Crippen molar-refractivity contribution in [1.82, 2.24) is 9.21 Å². The summed E-state index contributed by atoms with van der Waals surface area (Å²) in [5.41, 5.74) is -0.842. The van der Waals surface area contributed by atoms with E-state index < -0.39 is 21.8 Å². The fourth-order valence-electron chi connectivity index (χ4n) is 4.38. The summed E-state index contributed by atoms with van der Waals surface area (Å²) in [5.74, 6) is 1.01. The normalized spacial score (nSPS) is 24.8. The number of rotatable bonds is 6. The van der Waals surface area contributed by atoms with Gasteiger partial charge in [-0.3, -0.25) is 0 Å². The molecule has 2 fully saturated rings. The van der Waals surface area contributed by atoms with Crippen molar-refractivity contribution in [3.8, 4) is 0 Å². The third-order valence-corrected chi connectivity index (χ3v) is 7.92. The van der Waals surface area contributed by atoms with Gasteiger partial charge in [0.1, 0.15) is 0 Å². The van der Waals surface area contributed by atoms with Gasteiger partial charge in [0, 0.05) is 20.1 Å². The van der Waals surface area contributed by atoms with Crippen LogP contribution in [0.5, 0.6) is 0 Å². The Bertz CT molecular complexity index is 736. The number of halogens is 3. The first-order valence-corrected chi connectivity index (χ1v) is 11.5. The second-order valence-corrected chi connectivity index (χ2v) is 10.2. The summed E-state index contributed by atoms with van der Waals surface area (Å²) in [5, 5.41) is 0. The Morgan fingerprint density at radius 2 is 1.54 bits per heavy atom. The highest BCUT2D eigenvalue weighted by Gasteiger charge is 2.32. The fourth-order valence-corrected chi connectivity index (χ4v) is 5.63. The lowest BCUT2D eigenvalue weighted by molar-refractivity contribution is -0.137. The molecule has 1 aromatic carbocycles. The zero-order chi connectivity index (χ0) is 20.4. The number of likely N-dealkylation sites (tertiary alicyclic amines) is 1. The number of benzene rings is 1. The van der Waals surface area contributed by atoms with Crippen molar-refractivity contribution in [1.29, 1.82) is 0 Å². The second kappa shape index (κ2) is 8.71. The predicted octanol–water partition coefficient (Wildman–Crippen LogP) is 4.23. The average molecular weight is 419 g/mol. The number of sulfonamides is 1. The quantitative estimate of drug-likeness (QED) is 0.694. The largest absolute Gasteiger partial charge is 0.416 e. The summed E-state index contributed by atoms with van der Waals surface area (Å²) in [6.45, 7) is 3.98. The zero-order valence-electron chi connectivity index (χ0n) is 16.3. The minimum atomic E-state index is -4.47. The van der Waals surface area contributed by atoms with E-state index in [-0.39, 0.29) is 4.90 Å². The molecule has 0 amide bonds. The van der Waals surface area contributed by atoms with Crippen LogP contribution >= 0.6 is 0 Å². The first kappa shape index (κ1) is 21.6. The molecule has 158 valence electrons. The lowest BCUT2D eigenvalue weighted by Crippen LogP contribution is -2.35. The number of hydrogen-bond acceptors (Lipinski definition) is 3. The Labute approximate surface area is 165 Å². The van der Waals surface area contributed by atoms with Crippen LogP contribution in [0.3, 0.4) is 0 Å². The Kier molecular flexibility index (Phi) is 6.72. The lowest BCUT2D eigenvalue weighted by Gasteiger charge is -2.32. The lowest BCUT2D eigenvalue weighted by atomic mass is 9.82. The standard InChI is InChI=1S/C20H29F3N2O2S/c1-24(28(26,27)19-10-8-18(9-11-19)20(21,22)23)14-16-4-6-17(7-5-16)15-25-12-2-3-13-25/h8-11,16-17H,2-7,12-15H2,1H3/t16-,17-. The minimum absolute atomic E-state index is 0.0919. The molecule has 0 atom stereocenters. The molecule has 0 spiro atoms. The van der Waals surface area contributed by atoms with Crippen LogP contribution in [0.1, 0.15) is 44.1 Å². The van der Waals surface area contributed by atoms with Gasteiger partial charge in [0.05, 0.1) is 10.5 Å². The van der Waals surface area contributed by atoms with Crippen LogP contribution in [-0.4, -0.2) is 50.8 Å². The molecule has 0 N–H and O–H groups in total. The summed E-state index contributed by atoms with van der Waals surface area (Å²) in [6, 6.07) is 3.73. The van der Waals surface area contributed by atoms with Crippen molar-refractivity contribution in [3.63, 3.8) is 0 Å². The van der Waals surface area contributed by atoms with Crippen LogP contribution in [0, 0.1) is 11.8 Å². The van der Waals surface area contributed by atoms with Crippen molar-refractivity contribution < 1.29 is 21.6 Å². The molecule has 28 heavy (non-hydrogen) atoms. The minimum Gasteiger partial charge on any atom is -0.303 e. The summed E-state index contributed by atoms with van der Waals surface area (Å²) in [4.78, 5) is 2.44. The van der Waals surface area contributed by atoms with Crippen LogP contribution in [0.25, 0.3) is 0 Å². The fraction of sp³-hybridized carbons (Fsp3) is 0.700. The van der Waals surface area contributed by atoms with Crippen LogP contribution in [-0.2, 0) is 16.2 Å². The zero-order valence-corrected chi connectivity index (χ0v) is 17.1. The molecule has 1 saturated carbocycles. The summed E-state index contributed by atoms with van der Waals surface area (Å²) in [7, 11) is -2.26. The predicted molar refractivity (Wildman–Crippen MR) is 102 cm³/mol. The van der Waals surface area contributed by atoms with Gasteiger partial charge < -0.3 is 4.90 Å².